The molecule has 1 atom stereocenters. The highest BCUT2D eigenvalue weighted by molar-refractivity contribution is 7.99. The lowest BCUT2D eigenvalue weighted by Gasteiger charge is -2.06. The Morgan fingerprint density at radius 3 is 2.50 bits per heavy atom. The fraction of sp³-hybridized carbons (Fsp3) is 1.00. The van der Waals surface area contributed by atoms with Crippen LogP contribution in [0.2, 0.25) is 0 Å². The SMILES string of the molecule is CSC(C)CCOC(F)F. The van der Waals surface area contributed by atoms with Gasteiger partial charge in [0.15, 0.2) is 0 Å². The third-order valence-electron chi connectivity index (χ3n) is 1.17. The molecule has 0 radical (unpaired) electrons. The molecule has 0 fully saturated rings. The fourth-order valence-corrected chi connectivity index (χ4v) is 0.773. The minimum atomic E-state index is -2.62. The van der Waals surface area contributed by atoms with Crippen LogP contribution >= 0.6 is 11.8 Å². The van der Waals surface area contributed by atoms with Gasteiger partial charge in [0.2, 0.25) is 0 Å². The first-order valence-electron chi connectivity index (χ1n) is 3.09. The summed E-state index contributed by atoms with van der Waals surface area (Å²) in [5, 5.41) is 0.402. The monoisotopic (exact) mass is 170 g/mol. The highest BCUT2D eigenvalue weighted by Gasteiger charge is 2.03. The molecule has 0 aliphatic heterocycles. The Morgan fingerprint density at radius 1 is 1.50 bits per heavy atom. The van der Waals surface area contributed by atoms with Gasteiger partial charge in [0.1, 0.15) is 0 Å². The van der Waals surface area contributed by atoms with E-state index in [0.717, 1.165) is 0 Å². The van der Waals surface area contributed by atoms with E-state index in [1.165, 1.54) is 0 Å². The summed E-state index contributed by atoms with van der Waals surface area (Å²) < 4.78 is 26.8. The first kappa shape index (κ1) is 10.2. The summed E-state index contributed by atoms with van der Waals surface area (Å²) in [4.78, 5) is 0. The molecule has 0 aliphatic carbocycles. The largest absolute Gasteiger partial charge is 0.345 e. The van der Waals surface area contributed by atoms with E-state index < -0.39 is 6.61 Å². The number of hydrogen-bond donors (Lipinski definition) is 0. The number of thioether (sulfide) groups is 1. The van der Waals surface area contributed by atoms with Crippen LogP contribution in [0.4, 0.5) is 8.78 Å². The molecule has 0 spiro atoms. The normalized spacial score (nSPS) is 14.1. The summed E-state index contributed by atoms with van der Waals surface area (Å²) in [6.45, 7) is -0.479. The van der Waals surface area contributed by atoms with Gasteiger partial charge < -0.3 is 4.74 Å². The van der Waals surface area contributed by atoms with E-state index in [4.69, 9.17) is 0 Å². The van der Waals surface area contributed by atoms with Crippen molar-refractivity contribution in [3.63, 3.8) is 0 Å². The van der Waals surface area contributed by atoms with E-state index in [2.05, 4.69) is 4.74 Å². The molecule has 0 heterocycles. The zero-order valence-electron chi connectivity index (χ0n) is 6.14. The van der Waals surface area contributed by atoms with Crippen LogP contribution in [0.5, 0.6) is 0 Å². The smallest absolute Gasteiger partial charge is 0.323 e. The molecule has 1 nitrogen and oxygen atoms in total. The van der Waals surface area contributed by atoms with Crippen molar-refractivity contribution in [2.24, 2.45) is 0 Å². The number of ether oxygens (including phenoxy) is 1. The first-order valence-corrected chi connectivity index (χ1v) is 4.38. The summed E-state index contributed by atoms with van der Waals surface area (Å²) in [5.41, 5.74) is 0. The Bertz CT molecular complexity index is 80.1. The Hall–Kier alpha value is 0.170. The standard InChI is InChI=1S/C6H12F2OS/c1-5(10-2)3-4-9-6(7)8/h5-6H,3-4H2,1-2H3. The quantitative estimate of drug-likeness (QED) is 0.626. The van der Waals surface area contributed by atoms with E-state index in [1.807, 2.05) is 13.2 Å². The molecule has 0 N–H and O–H groups in total. The van der Waals surface area contributed by atoms with Gasteiger partial charge in [-0.2, -0.15) is 20.5 Å². The van der Waals surface area contributed by atoms with Gasteiger partial charge >= 0.3 is 6.61 Å². The number of alkyl halides is 2. The predicted octanol–water partition coefficient (Wildman–Crippen LogP) is 2.37. The molecule has 0 saturated carbocycles. The summed E-state index contributed by atoms with van der Waals surface area (Å²) in [7, 11) is 0. The minimum absolute atomic E-state index is 0.152. The molecule has 0 aliphatic rings. The van der Waals surface area contributed by atoms with Crippen molar-refractivity contribution in [2.45, 2.75) is 25.2 Å². The highest BCUT2D eigenvalue weighted by atomic mass is 32.2. The maximum absolute atomic E-state index is 11.4. The minimum Gasteiger partial charge on any atom is -0.323 e. The van der Waals surface area contributed by atoms with Gasteiger partial charge in [0, 0.05) is 5.25 Å². The lowest BCUT2D eigenvalue weighted by Crippen LogP contribution is -2.06. The van der Waals surface area contributed by atoms with Crippen LogP contribution in [-0.2, 0) is 4.74 Å². The van der Waals surface area contributed by atoms with E-state index in [1.54, 1.807) is 11.8 Å². The summed E-state index contributed by atoms with van der Waals surface area (Å²) in [6.07, 6.45) is 2.64. The zero-order chi connectivity index (χ0) is 7.98. The summed E-state index contributed by atoms with van der Waals surface area (Å²) >= 11 is 1.65. The second-order valence-corrected chi connectivity index (χ2v) is 3.24. The molecule has 62 valence electrons. The van der Waals surface area contributed by atoms with Gasteiger partial charge in [-0.1, -0.05) is 6.92 Å². The molecule has 0 bridgehead atoms. The van der Waals surface area contributed by atoms with Crippen molar-refractivity contribution in [2.75, 3.05) is 12.9 Å². The average molecular weight is 170 g/mol. The molecule has 0 aromatic heterocycles. The van der Waals surface area contributed by atoms with Crippen molar-refractivity contribution in [1.29, 1.82) is 0 Å². The Balaban J connectivity index is 3.03. The van der Waals surface area contributed by atoms with Gasteiger partial charge in [-0.3, -0.25) is 0 Å². The number of hydrogen-bond acceptors (Lipinski definition) is 2. The Kier molecular flexibility index (Phi) is 6.02. The second kappa shape index (κ2) is 5.92. The second-order valence-electron chi connectivity index (χ2n) is 1.97. The predicted molar refractivity (Wildman–Crippen MR) is 39.6 cm³/mol. The van der Waals surface area contributed by atoms with Crippen molar-refractivity contribution >= 4 is 11.8 Å². The maximum Gasteiger partial charge on any atom is 0.345 e. The van der Waals surface area contributed by atoms with E-state index in [0.29, 0.717) is 11.7 Å². The van der Waals surface area contributed by atoms with Crippen molar-refractivity contribution in [3.8, 4) is 0 Å². The van der Waals surface area contributed by atoms with Crippen LogP contribution in [0.3, 0.4) is 0 Å². The third-order valence-corrected chi connectivity index (χ3v) is 2.21. The molecular weight excluding hydrogens is 158 g/mol. The van der Waals surface area contributed by atoms with E-state index >= 15 is 0 Å². The molecule has 4 heteroatoms. The Labute approximate surface area is 64.1 Å². The lowest BCUT2D eigenvalue weighted by atomic mass is 10.3. The molecule has 10 heavy (non-hydrogen) atoms. The van der Waals surface area contributed by atoms with Gasteiger partial charge in [0.25, 0.3) is 0 Å². The first-order chi connectivity index (χ1) is 4.66. The lowest BCUT2D eigenvalue weighted by molar-refractivity contribution is -0.128. The summed E-state index contributed by atoms with van der Waals surface area (Å²) in [5.74, 6) is 0. The van der Waals surface area contributed by atoms with Crippen molar-refractivity contribution in [1.82, 2.24) is 0 Å². The average Bonchev–Trinajstić information content (AvgIpc) is 1.87. The van der Waals surface area contributed by atoms with Crippen LogP contribution in [0.15, 0.2) is 0 Å². The highest BCUT2D eigenvalue weighted by Crippen LogP contribution is 2.09. The molecule has 0 aromatic carbocycles. The molecule has 0 rings (SSSR count). The molecule has 1 unspecified atom stereocenters. The van der Waals surface area contributed by atoms with Crippen LogP contribution in [0, 0.1) is 0 Å². The third kappa shape index (κ3) is 6.29. The molecule has 0 amide bonds. The van der Waals surface area contributed by atoms with E-state index in [-0.39, 0.29) is 6.61 Å². The van der Waals surface area contributed by atoms with E-state index in [9.17, 15) is 8.78 Å². The zero-order valence-corrected chi connectivity index (χ0v) is 6.96. The molecular formula is C6H12F2OS. The number of rotatable bonds is 5. The van der Waals surface area contributed by atoms with Crippen LogP contribution < -0.4 is 0 Å². The topological polar surface area (TPSA) is 9.23 Å². The van der Waals surface area contributed by atoms with Crippen LogP contribution in [-0.4, -0.2) is 24.7 Å². The van der Waals surface area contributed by atoms with Crippen LogP contribution in [0.25, 0.3) is 0 Å². The molecule has 0 aromatic rings. The Morgan fingerprint density at radius 2 is 2.10 bits per heavy atom. The maximum atomic E-state index is 11.4. The van der Waals surface area contributed by atoms with Crippen LogP contribution in [0.1, 0.15) is 13.3 Å². The fourth-order valence-electron chi connectivity index (χ4n) is 0.441. The van der Waals surface area contributed by atoms with Gasteiger partial charge in [-0.05, 0) is 12.7 Å². The van der Waals surface area contributed by atoms with Gasteiger partial charge in [0.05, 0.1) is 6.61 Å². The molecule has 0 saturated heterocycles. The van der Waals surface area contributed by atoms with Gasteiger partial charge in [-0.25, -0.2) is 0 Å². The van der Waals surface area contributed by atoms with Gasteiger partial charge in [-0.15, -0.1) is 0 Å². The van der Waals surface area contributed by atoms with Crippen molar-refractivity contribution in [3.05, 3.63) is 0 Å². The van der Waals surface area contributed by atoms with Crippen molar-refractivity contribution < 1.29 is 13.5 Å². The number of halogens is 2. The summed E-state index contributed by atoms with van der Waals surface area (Å²) in [6, 6.07) is 0.